The highest BCUT2D eigenvalue weighted by Gasteiger charge is 2.32. The van der Waals surface area contributed by atoms with Crippen LogP contribution in [-0.4, -0.2) is 27.7 Å². The second kappa shape index (κ2) is 11.9. The molecule has 0 unspecified atom stereocenters. The second-order valence-corrected chi connectivity index (χ2v) is 6.45. The lowest BCUT2D eigenvalue weighted by atomic mass is 10.0. The molecule has 0 aromatic heterocycles. The van der Waals surface area contributed by atoms with Crippen LogP contribution in [0.1, 0.15) is 5.56 Å². The van der Waals surface area contributed by atoms with Gasteiger partial charge in [-0.05, 0) is 23.3 Å². The van der Waals surface area contributed by atoms with Gasteiger partial charge in [0.1, 0.15) is 23.9 Å². The van der Waals surface area contributed by atoms with E-state index in [-0.39, 0.29) is 0 Å². The highest BCUT2D eigenvalue weighted by molar-refractivity contribution is 5.78. The molecule has 3 aromatic rings. The zero-order valence-electron chi connectivity index (χ0n) is 18.2. The summed E-state index contributed by atoms with van der Waals surface area (Å²) in [5, 5.41) is 0. The van der Waals surface area contributed by atoms with E-state index in [0.29, 0.717) is 34.9 Å². The Hall–Kier alpha value is -3.76. The first-order valence-electron chi connectivity index (χ1n) is 9.44. The lowest BCUT2D eigenvalue weighted by molar-refractivity contribution is -0.275. The van der Waals surface area contributed by atoms with E-state index in [9.17, 15) is 26.5 Å². The maximum absolute atomic E-state index is 12.7. The number of hydrogen-bond acceptors (Lipinski definition) is 5. The maximum atomic E-state index is 12.7. The van der Waals surface area contributed by atoms with Crippen LogP contribution in [0.15, 0.2) is 54.6 Å². The summed E-state index contributed by atoms with van der Waals surface area (Å²) >= 11 is 0. The van der Waals surface area contributed by atoms with Crippen molar-refractivity contribution in [2.24, 2.45) is 0 Å². The maximum Gasteiger partial charge on any atom is 0.573 e. The number of benzene rings is 3. The Kier molecular flexibility index (Phi) is 9.28. The molecule has 0 heterocycles. The van der Waals surface area contributed by atoms with Gasteiger partial charge in [0.2, 0.25) is 0 Å². The van der Waals surface area contributed by atoms with Crippen molar-refractivity contribution in [1.82, 2.24) is 0 Å². The summed E-state index contributed by atoms with van der Waals surface area (Å²) in [6.45, 7) is -0.475. The van der Waals surface area contributed by atoms with E-state index >= 15 is 0 Å². The molecular formula is C23H20F6O5. The van der Waals surface area contributed by atoms with Crippen LogP contribution in [0.25, 0.3) is 11.1 Å². The van der Waals surface area contributed by atoms with Crippen molar-refractivity contribution in [2.75, 3.05) is 21.3 Å². The van der Waals surface area contributed by atoms with Gasteiger partial charge in [-0.25, -0.2) is 8.78 Å². The molecule has 3 aromatic carbocycles. The predicted octanol–water partition coefficient (Wildman–Crippen LogP) is 6.84. The number of ether oxygens (including phenoxy) is 4. The van der Waals surface area contributed by atoms with Crippen LogP contribution in [0.5, 0.6) is 28.7 Å². The van der Waals surface area contributed by atoms with E-state index in [1.165, 1.54) is 0 Å². The molecule has 0 aliphatic carbocycles. The molecule has 34 heavy (non-hydrogen) atoms. The first-order valence-corrected chi connectivity index (χ1v) is 9.44. The summed E-state index contributed by atoms with van der Waals surface area (Å²) < 4.78 is 90.9. The minimum Gasteiger partial charge on any atom is -0.496 e. The summed E-state index contributed by atoms with van der Waals surface area (Å²) in [5.74, 6) is -1.00. The minimum atomic E-state index is -4.99. The second-order valence-electron chi connectivity index (χ2n) is 6.45. The average Bonchev–Trinajstić information content (AvgIpc) is 2.84. The summed E-state index contributed by atoms with van der Waals surface area (Å²) in [4.78, 5) is 3.10. The SMILES string of the molecule is COc1cc(OC)c(-c2ccc(CF)cc2)c(OC)c1.FOc1ccc(OC(F)(F)F)c(F)c1. The quantitative estimate of drug-likeness (QED) is 0.340. The molecule has 0 aliphatic rings. The highest BCUT2D eigenvalue weighted by Crippen LogP contribution is 2.41. The molecule has 11 heteroatoms. The van der Waals surface area contributed by atoms with E-state index in [1.54, 1.807) is 45.6 Å². The van der Waals surface area contributed by atoms with Gasteiger partial charge in [0.05, 0.1) is 26.9 Å². The molecule has 0 aliphatic heterocycles. The molecule has 3 rings (SSSR count). The summed E-state index contributed by atoms with van der Waals surface area (Å²) in [7, 11) is 4.77. The van der Waals surface area contributed by atoms with E-state index in [2.05, 4.69) is 9.68 Å². The van der Waals surface area contributed by atoms with Crippen molar-refractivity contribution in [3.63, 3.8) is 0 Å². The molecule has 0 bridgehead atoms. The van der Waals surface area contributed by atoms with E-state index in [1.807, 2.05) is 12.1 Å². The number of halogens is 6. The smallest absolute Gasteiger partial charge is 0.496 e. The summed E-state index contributed by atoms with van der Waals surface area (Å²) in [6, 6.07) is 12.6. The number of methoxy groups -OCH3 is 3. The standard InChI is InChI=1S/C16H17FO3.C7H3F5O2/c1-18-13-8-14(19-2)16(15(9-13)20-3)12-6-4-11(10-17)5-7-12;8-5-3-4(14-12)1-2-6(5)13-7(9,10)11/h4-9H,10H2,1-3H3;1-3H. The Morgan fingerprint density at radius 3 is 1.74 bits per heavy atom. The molecular weight excluding hydrogens is 470 g/mol. The molecule has 0 N–H and O–H groups in total. The van der Waals surface area contributed by atoms with Crippen LogP contribution >= 0.6 is 0 Å². The van der Waals surface area contributed by atoms with E-state index in [4.69, 9.17) is 14.2 Å². The monoisotopic (exact) mass is 490 g/mol. The summed E-state index contributed by atoms with van der Waals surface area (Å²) in [6.07, 6.45) is -4.99. The first-order chi connectivity index (χ1) is 16.1. The zero-order valence-corrected chi connectivity index (χ0v) is 18.2. The molecule has 0 saturated heterocycles. The van der Waals surface area contributed by atoms with E-state index < -0.39 is 30.4 Å². The predicted molar refractivity (Wildman–Crippen MR) is 111 cm³/mol. The molecule has 0 fully saturated rings. The third kappa shape index (κ3) is 7.12. The normalized spacial score (nSPS) is 10.6. The van der Waals surface area contributed by atoms with Crippen molar-refractivity contribution in [2.45, 2.75) is 13.0 Å². The van der Waals surface area contributed by atoms with Crippen molar-refractivity contribution in [1.29, 1.82) is 0 Å². The fraction of sp³-hybridized carbons (Fsp3) is 0.217. The number of alkyl halides is 4. The van der Waals surface area contributed by atoms with Gasteiger partial charge in [0.15, 0.2) is 17.3 Å². The summed E-state index contributed by atoms with van der Waals surface area (Å²) in [5.41, 5.74) is 2.36. The Labute approximate surface area is 191 Å². The van der Waals surface area contributed by atoms with Gasteiger partial charge in [0, 0.05) is 22.7 Å². The van der Waals surface area contributed by atoms with Gasteiger partial charge in [0.25, 0.3) is 0 Å². The molecule has 5 nitrogen and oxygen atoms in total. The third-order valence-corrected chi connectivity index (χ3v) is 4.33. The molecule has 0 spiro atoms. The zero-order chi connectivity index (χ0) is 25.3. The highest BCUT2D eigenvalue weighted by atomic mass is 19.4. The van der Waals surface area contributed by atoms with Crippen LogP contribution in [0, 0.1) is 5.82 Å². The Balaban J connectivity index is 0.000000257. The Morgan fingerprint density at radius 1 is 0.735 bits per heavy atom. The fourth-order valence-electron chi connectivity index (χ4n) is 2.79. The Bertz CT molecular complexity index is 1050. The van der Waals surface area contributed by atoms with Crippen LogP contribution in [-0.2, 0) is 6.67 Å². The lowest BCUT2D eigenvalue weighted by Crippen LogP contribution is -2.17. The van der Waals surface area contributed by atoms with Crippen molar-refractivity contribution in [3.05, 3.63) is 66.0 Å². The number of rotatable bonds is 7. The van der Waals surface area contributed by atoms with Gasteiger partial charge < -0.3 is 18.9 Å². The minimum absolute atomic E-state index is 0.432. The molecule has 0 atom stereocenters. The number of hydrogen-bond donors (Lipinski definition) is 0. The van der Waals surface area contributed by atoms with Crippen molar-refractivity contribution in [3.8, 4) is 39.9 Å². The van der Waals surface area contributed by atoms with Crippen molar-refractivity contribution < 1.29 is 50.4 Å². The third-order valence-electron chi connectivity index (χ3n) is 4.33. The molecule has 0 saturated carbocycles. The van der Waals surface area contributed by atoms with E-state index in [0.717, 1.165) is 17.2 Å². The van der Waals surface area contributed by atoms with Gasteiger partial charge >= 0.3 is 6.36 Å². The van der Waals surface area contributed by atoms with Gasteiger partial charge in [-0.3, -0.25) is 4.94 Å². The topological polar surface area (TPSA) is 46.2 Å². The fourth-order valence-corrected chi connectivity index (χ4v) is 2.79. The van der Waals surface area contributed by atoms with Crippen LogP contribution in [0.2, 0.25) is 0 Å². The average molecular weight is 490 g/mol. The van der Waals surface area contributed by atoms with Crippen LogP contribution < -0.4 is 23.9 Å². The van der Waals surface area contributed by atoms with Gasteiger partial charge in [-0.15, -0.1) is 13.2 Å². The largest absolute Gasteiger partial charge is 0.573 e. The first kappa shape index (κ1) is 26.5. The molecule has 0 radical (unpaired) electrons. The molecule has 184 valence electrons. The Morgan fingerprint density at radius 2 is 1.32 bits per heavy atom. The van der Waals surface area contributed by atoms with Crippen LogP contribution in [0.3, 0.4) is 0 Å². The van der Waals surface area contributed by atoms with Gasteiger partial charge in [-0.2, -0.15) is 0 Å². The molecule has 0 amide bonds. The lowest BCUT2D eigenvalue weighted by Gasteiger charge is -2.15. The van der Waals surface area contributed by atoms with Crippen molar-refractivity contribution >= 4 is 0 Å². The van der Waals surface area contributed by atoms with Crippen LogP contribution in [0.4, 0.5) is 26.5 Å². The van der Waals surface area contributed by atoms with Gasteiger partial charge in [-0.1, -0.05) is 24.3 Å².